The highest BCUT2D eigenvalue weighted by Crippen LogP contribution is 2.37. The number of thioether (sulfide) groups is 1. The summed E-state index contributed by atoms with van der Waals surface area (Å²) >= 11 is 1.57. The Bertz CT molecular complexity index is 564. The topological polar surface area (TPSA) is 105 Å². The van der Waals surface area contributed by atoms with Crippen molar-refractivity contribution in [3.63, 3.8) is 0 Å². The van der Waals surface area contributed by atoms with Crippen molar-refractivity contribution in [2.24, 2.45) is 0 Å². The summed E-state index contributed by atoms with van der Waals surface area (Å²) in [5.74, 6) is -0.731. The zero-order valence-corrected chi connectivity index (χ0v) is 16.6. The Morgan fingerprint density at radius 3 is 2.62 bits per heavy atom. The number of rotatable bonds is 5. The molecule has 1 amide bonds. The van der Waals surface area contributed by atoms with Gasteiger partial charge in [-0.3, -0.25) is 15.0 Å². The quantitative estimate of drug-likeness (QED) is 0.687. The molecule has 2 aliphatic heterocycles. The standard InChI is InChI=1S/C17H28N2O6S/c1-16(2,3)25-15(23)19-9-5-7-17(19,14(21)22)8-6-12-18-11(10-26-12)13(20)24-4/h11-12,18H,5-10H2,1-4H3,(H,21,22)/t11-,12?,17-/m1/s1. The van der Waals surface area contributed by atoms with Gasteiger partial charge in [0.15, 0.2) is 0 Å². The number of hydrogen-bond donors (Lipinski definition) is 2. The highest BCUT2D eigenvalue weighted by Gasteiger charge is 2.51. The van der Waals surface area contributed by atoms with E-state index in [2.05, 4.69) is 5.32 Å². The first-order chi connectivity index (χ1) is 12.1. The van der Waals surface area contributed by atoms with Crippen LogP contribution in [0, 0.1) is 0 Å². The molecule has 0 aromatic rings. The Labute approximate surface area is 158 Å². The number of carboxylic acids is 1. The Morgan fingerprint density at radius 2 is 2.04 bits per heavy atom. The van der Waals surface area contributed by atoms with E-state index < -0.39 is 23.2 Å². The number of hydrogen-bond acceptors (Lipinski definition) is 7. The molecule has 0 aromatic heterocycles. The molecule has 0 aromatic carbocycles. The van der Waals surface area contributed by atoms with Gasteiger partial charge in [-0.05, 0) is 46.5 Å². The number of aliphatic carboxylic acids is 1. The third kappa shape index (κ3) is 4.62. The number of nitrogens with one attached hydrogen (secondary N) is 1. The van der Waals surface area contributed by atoms with Crippen LogP contribution in [-0.4, -0.2) is 70.0 Å². The van der Waals surface area contributed by atoms with E-state index in [0.717, 1.165) is 0 Å². The summed E-state index contributed by atoms with van der Waals surface area (Å²) in [4.78, 5) is 37.6. The van der Waals surface area contributed by atoms with Crippen molar-refractivity contribution >= 4 is 29.8 Å². The minimum absolute atomic E-state index is 0.0450. The van der Waals surface area contributed by atoms with Crippen LogP contribution in [0.2, 0.25) is 0 Å². The highest BCUT2D eigenvalue weighted by atomic mass is 32.2. The Hall–Kier alpha value is -1.48. The van der Waals surface area contributed by atoms with E-state index in [1.807, 2.05) is 0 Å². The molecule has 2 heterocycles. The van der Waals surface area contributed by atoms with Crippen LogP contribution in [0.1, 0.15) is 46.5 Å². The second kappa shape index (κ2) is 8.04. The summed E-state index contributed by atoms with van der Waals surface area (Å²) in [5, 5.41) is 13.0. The predicted molar refractivity (Wildman–Crippen MR) is 97.0 cm³/mol. The molecule has 2 saturated heterocycles. The Balaban J connectivity index is 2.04. The molecule has 2 N–H and O–H groups in total. The molecule has 2 rings (SSSR count). The van der Waals surface area contributed by atoms with Gasteiger partial charge in [-0.25, -0.2) is 9.59 Å². The number of carbonyl (C=O) groups excluding carboxylic acids is 2. The fourth-order valence-corrected chi connectivity index (χ4v) is 4.60. The van der Waals surface area contributed by atoms with Gasteiger partial charge >= 0.3 is 18.0 Å². The molecule has 0 spiro atoms. The van der Waals surface area contributed by atoms with Crippen molar-refractivity contribution in [1.82, 2.24) is 10.2 Å². The van der Waals surface area contributed by atoms with E-state index in [0.29, 0.717) is 38.0 Å². The minimum Gasteiger partial charge on any atom is -0.479 e. The fourth-order valence-electron chi connectivity index (χ4n) is 3.40. The van der Waals surface area contributed by atoms with Crippen molar-refractivity contribution in [3.8, 4) is 0 Å². The number of nitrogens with zero attached hydrogens (tertiary/aromatic N) is 1. The van der Waals surface area contributed by atoms with E-state index >= 15 is 0 Å². The summed E-state index contributed by atoms with van der Waals surface area (Å²) < 4.78 is 10.1. The van der Waals surface area contributed by atoms with E-state index in [9.17, 15) is 19.5 Å². The molecule has 26 heavy (non-hydrogen) atoms. The van der Waals surface area contributed by atoms with Crippen molar-refractivity contribution in [2.45, 2.75) is 69.0 Å². The van der Waals surface area contributed by atoms with Gasteiger partial charge in [0.05, 0.1) is 12.5 Å². The van der Waals surface area contributed by atoms with Crippen LogP contribution in [0.15, 0.2) is 0 Å². The van der Waals surface area contributed by atoms with Crippen LogP contribution in [0.4, 0.5) is 4.79 Å². The molecule has 0 aliphatic carbocycles. The van der Waals surface area contributed by atoms with E-state index in [-0.39, 0.29) is 17.4 Å². The molecule has 148 valence electrons. The first-order valence-corrected chi connectivity index (χ1v) is 9.83. The van der Waals surface area contributed by atoms with E-state index in [4.69, 9.17) is 9.47 Å². The van der Waals surface area contributed by atoms with Crippen molar-refractivity contribution in [3.05, 3.63) is 0 Å². The number of amides is 1. The predicted octanol–water partition coefficient (Wildman–Crippen LogP) is 1.82. The van der Waals surface area contributed by atoms with Gasteiger partial charge in [0.1, 0.15) is 17.2 Å². The first kappa shape index (κ1) is 20.8. The van der Waals surface area contributed by atoms with Gasteiger partial charge in [-0.1, -0.05) is 0 Å². The molecule has 2 fully saturated rings. The molecular formula is C17H28N2O6S. The van der Waals surface area contributed by atoms with Gasteiger partial charge in [0, 0.05) is 12.3 Å². The summed E-state index contributed by atoms with van der Waals surface area (Å²) in [7, 11) is 1.35. The van der Waals surface area contributed by atoms with Gasteiger partial charge in [-0.15, -0.1) is 11.8 Å². The van der Waals surface area contributed by atoms with E-state index in [1.54, 1.807) is 32.5 Å². The number of esters is 1. The number of methoxy groups -OCH3 is 1. The zero-order valence-electron chi connectivity index (χ0n) is 15.7. The van der Waals surface area contributed by atoms with Gasteiger partial charge in [0.2, 0.25) is 0 Å². The SMILES string of the molecule is COC(=O)[C@H]1CSC(CC[C@@]2(C(=O)O)CCCN2C(=O)OC(C)(C)C)N1. The van der Waals surface area contributed by atoms with E-state index in [1.165, 1.54) is 12.0 Å². The van der Waals surface area contributed by atoms with Crippen LogP contribution in [0.5, 0.6) is 0 Å². The number of likely N-dealkylation sites (tertiary alicyclic amines) is 1. The van der Waals surface area contributed by atoms with Gasteiger partial charge in [-0.2, -0.15) is 0 Å². The van der Waals surface area contributed by atoms with Crippen molar-refractivity contribution < 1.29 is 29.0 Å². The lowest BCUT2D eigenvalue weighted by Crippen LogP contribution is -2.54. The maximum atomic E-state index is 12.5. The average Bonchev–Trinajstić information content (AvgIpc) is 3.18. The van der Waals surface area contributed by atoms with Crippen molar-refractivity contribution in [1.29, 1.82) is 0 Å². The largest absolute Gasteiger partial charge is 0.479 e. The Morgan fingerprint density at radius 1 is 1.35 bits per heavy atom. The molecule has 2 aliphatic rings. The molecule has 9 heteroatoms. The summed E-state index contributed by atoms with van der Waals surface area (Å²) in [5.41, 5.74) is -1.94. The maximum absolute atomic E-state index is 12.5. The number of carbonyl (C=O) groups is 3. The highest BCUT2D eigenvalue weighted by molar-refractivity contribution is 8.00. The van der Waals surface area contributed by atoms with Crippen LogP contribution in [0.3, 0.4) is 0 Å². The molecular weight excluding hydrogens is 360 g/mol. The second-order valence-corrected chi connectivity index (χ2v) is 8.91. The molecule has 8 nitrogen and oxygen atoms in total. The van der Waals surface area contributed by atoms with Crippen LogP contribution >= 0.6 is 11.8 Å². The van der Waals surface area contributed by atoms with Crippen LogP contribution < -0.4 is 5.32 Å². The van der Waals surface area contributed by atoms with Crippen LogP contribution in [-0.2, 0) is 19.1 Å². The third-order valence-electron chi connectivity index (χ3n) is 4.66. The van der Waals surface area contributed by atoms with Gasteiger partial charge < -0.3 is 14.6 Å². The monoisotopic (exact) mass is 388 g/mol. The minimum atomic E-state index is -1.26. The van der Waals surface area contributed by atoms with Gasteiger partial charge in [0.25, 0.3) is 0 Å². The maximum Gasteiger partial charge on any atom is 0.411 e. The van der Waals surface area contributed by atoms with Crippen LogP contribution in [0.25, 0.3) is 0 Å². The molecule has 0 radical (unpaired) electrons. The third-order valence-corrected chi connectivity index (χ3v) is 5.96. The lowest BCUT2D eigenvalue weighted by molar-refractivity contribution is -0.150. The Kier molecular flexibility index (Phi) is 6.44. The molecule has 0 bridgehead atoms. The van der Waals surface area contributed by atoms with Crippen molar-refractivity contribution in [2.75, 3.05) is 19.4 Å². The molecule has 0 saturated carbocycles. The molecule has 3 atom stereocenters. The fraction of sp³-hybridized carbons (Fsp3) is 0.824. The normalized spacial score (nSPS) is 28.8. The summed E-state index contributed by atoms with van der Waals surface area (Å²) in [6.45, 7) is 5.65. The number of ether oxygens (including phenoxy) is 2. The lowest BCUT2D eigenvalue weighted by Gasteiger charge is -2.36. The first-order valence-electron chi connectivity index (χ1n) is 8.78. The summed E-state index contributed by atoms with van der Waals surface area (Å²) in [6.07, 6.45) is 1.28. The summed E-state index contributed by atoms with van der Waals surface area (Å²) in [6, 6.07) is -0.374. The number of carboxylic acid groups (broad SMARTS) is 1. The smallest absolute Gasteiger partial charge is 0.411 e. The second-order valence-electron chi connectivity index (χ2n) is 7.68. The molecule has 1 unspecified atom stereocenters. The average molecular weight is 388 g/mol. The lowest BCUT2D eigenvalue weighted by atomic mass is 9.90. The zero-order chi connectivity index (χ0) is 19.5.